The predicted octanol–water partition coefficient (Wildman–Crippen LogP) is 2.36. The third-order valence-corrected chi connectivity index (χ3v) is 3.53. The molecule has 9 nitrogen and oxygen atoms in total. The molecule has 2 N–H and O–H groups in total. The second kappa shape index (κ2) is 8.37. The van der Waals surface area contributed by atoms with E-state index < -0.39 is 5.91 Å². The van der Waals surface area contributed by atoms with Crippen molar-refractivity contribution in [1.29, 1.82) is 0 Å². The fourth-order valence-electron chi connectivity index (χ4n) is 2.14. The van der Waals surface area contributed by atoms with Crippen molar-refractivity contribution in [3.8, 4) is 0 Å². The van der Waals surface area contributed by atoms with Crippen molar-refractivity contribution in [3.63, 3.8) is 0 Å². The maximum absolute atomic E-state index is 12.6. The molecule has 3 heterocycles. The molecule has 0 aromatic carbocycles. The van der Waals surface area contributed by atoms with Crippen molar-refractivity contribution in [2.75, 3.05) is 24.4 Å². The zero-order chi connectivity index (χ0) is 18.4. The molecule has 0 unspecified atom stereocenters. The van der Waals surface area contributed by atoms with E-state index in [1.54, 1.807) is 48.6 Å². The maximum atomic E-state index is 12.6. The number of aromatic nitrogens is 5. The predicted molar refractivity (Wildman–Crippen MR) is 96.6 cm³/mol. The number of nitrogens with one attached hydrogen (secondary N) is 2. The summed E-state index contributed by atoms with van der Waals surface area (Å²) >= 11 is 5.95. The summed E-state index contributed by atoms with van der Waals surface area (Å²) < 4.78 is 6.67. The van der Waals surface area contributed by atoms with Gasteiger partial charge in [0.2, 0.25) is 0 Å². The SMILES string of the molecule is COCCn1ccc(NC(=O)c2nc(Cl)ccc2Nc2cncnc2)n1. The summed E-state index contributed by atoms with van der Waals surface area (Å²) in [6, 6.07) is 4.94. The van der Waals surface area contributed by atoms with Crippen LogP contribution in [0.4, 0.5) is 17.2 Å². The number of anilines is 3. The van der Waals surface area contributed by atoms with Gasteiger partial charge < -0.3 is 15.4 Å². The van der Waals surface area contributed by atoms with Crippen LogP contribution in [0.25, 0.3) is 0 Å². The zero-order valence-corrected chi connectivity index (χ0v) is 14.6. The highest BCUT2D eigenvalue weighted by Gasteiger charge is 2.16. The summed E-state index contributed by atoms with van der Waals surface area (Å²) in [5, 5.41) is 10.2. The quantitative estimate of drug-likeness (QED) is 0.612. The Morgan fingerprint density at radius 3 is 2.85 bits per heavy atom. The van der Waals surface area contributed by atoms with E-state index in [-0.39, 0.29) is 10.8 Å². The lowest BCUT2D eigenvalue weighted by molar-refractivity contribution is 0.102. The van der Waals surface area contributed by atoms with Crippen molar-refractivity contribution in [2.24, 2.45) is 0 Å². The van der Waals surface area contributed by atoms with Crippen LogP contribution in [0.2, 0.25) is 5.15 Å². The van der Waals surface area contributed by atoms with Gasteiger partial charge in [-0.1, -0.05) is 11.6 Å². The molecule has 3 aromatic heterocycles. The fraction of sp³-hybridized carbons (Fsp3) is 0.188. The van der Waals surface area contributed by atoms with Crippen molar-refractivity contribution in [1.82, 2.24) is 24.7 Å². The molecule has 0 saturated heterocycles. The number of pyridine rings is 1. The van der Waals surface area contributed by atoms with E-state index in [4.69, 9.17) is 16.3 Å². The number of hydrogen-bond acceptors (Lipinski definition) is 7. The van der Waals surface area contributed by atoms with Gasteiger partial charge in [-0.05, 0) is 12.1 Å². The number of nitrogens with zero attached hydrogens (tertiary/aromatic N) is 5. The highest BCUT2D eigenvalue weighted by atomic mass is 35.5. The molecule has 0 bridgehead atoms. The van der Waals surface area contributed by atoms with E-state index in [1.165, 1.54) is 6.33 Å². The summed E-state index contributed by atoms with van der Waals surface area (Å²) in [6.45, 7) is 1.11. The highest BCUT2D eigenvalue weighted by molar-refractivity contribution is 6.29. The second-order valence-electron chi connectivity index (χ2n) is 5.19. The average Bonchev–Trinajstić information content (AvgIpc) is 3.09. The number of hydrogen-bond donors (Lipinski definition) is 2. The van der Waals surface area contributed by atoms with Gasteiger partial charge in [0.05, 0.1) is 36.9 Å². The Kier molecular flexibility index (Phi) is 5.72. The molecular weight excluding hydrogens is 358 g/mol. The molecule has 0 saturated carbocycles. The minimum Gasteiger partial charge on any atom is -0.383 e. The van der Waals surface area contributed by atoms with Gasteiger partial charge in [0, 0.05) is 19.4 Å². The molecule has 26 heavy (non-hydrogen) atoms. The summed E-state index contributed by atoms with van der Waals surface area (Å²) in [6.07, 6.45) is 6.33. The van der Waals surface area contributed by atoms with E-state index >= 15 is 0 Å². The number of rotatable bonds is 7. The van der Waals surface area contributed by atoms with Gasteiger partial charge in [0.1, 0.15) is 11.5 Å². The van der Waals surface area contributed by atoms with Gasteiger partial charge in [-0.2, -0.15) is 5.10 Å². The average molecular weight is 374 g/mol. The molecule has 3 aromatic rings. The van der Waals surface area contributed by atoms with Crippen LogP contribution in [0.15, 0.2) is 43.1 Å². The molecule has 10 heteroatoms. The summed E-state index contributed by atoms with van der Waals surface area (Å²) in [5.41, 5.74) is 1.22. The molecule has 0 atom stereocenters. The van der Waals surface area contributed by atoms with Gasteiger partial charge in [-0.15, -0.1) is 0 Å². The second-order valence-corrected chi connectivity index (χ2v) is 5.58. The van der Waals surface area contributed by atoms with Crippen molar-refractivity contribution in [2.45, 2.75) is 6.54 Å². The minimum atomic E-state index is -0.441. The molecule has 0 aliphatic carbocycles. The smallest absolute Gasteiger partial charge is 0.277 e. The Bertz CT molecular complexity index is 885. The Morgan fingerprint density at radius 1 is 1.27 bits per heavy atom. The lowest BCUT2D eigenvalue weighted by Crippen LogP contribution is -2.16. The van der Waals surface area contributed by atoms with E-state index in [2.05, 4.69) is 30.7 Å². The van der Waals surface area contributed by atoms with Gasteiger partial charge in [-0.25, -0.2) is 15.0 Å². The first-order valence-corrected chi connectivity index (χ1v) is 8.06. The van der Waals surface area contributed by atoms with Crippen LogP contribution in [0.5, 0.6) is 0 Å². The Labute approximate surface area is 154 Å². The molecular formula is C16H16ClN7O2. The van der Waals surface area contributed by atoms with Crippen LogP contribution >= 0.6 is 11.6 Å². The number of methoxy groups -OCH3 is 1. The Morgan fingerprint density at radius 2 is 2.08 bits per heavy atom. The van der Waals surface area contributed by atoms with Crippen LogP contribution in [-0.2, 0) is 11.3 Å². The van der Waals surface area contributed by atoms with E-state index in [0.717, 1.165) is 0 Å². The summed E-state index contributed by atoms with van der Waals surface area (Å²) in [5.74, 6) is -0.0364. The molecule has 1 amide bonds. The van der Waals surface area contributed by atoms with Crippen LogP contribution in [0, 0.1) is 0 Å². The topological polar surface area (TPSA) is 107 Å². The highest BCUT2D eigenvalue weighted by Crippen LogP contribution is 2.21. The molecule has 0 radical (unpaired) electrons. The maximum Gasteiger partial charge on any atom is 0.277 e. The number of amides is 1. The standard InChI is InChI=1S/C16H16ClN7O2/c1-26-7-6-24-5-4-14(23-24)22-16(25)15-12(2-3-13(17)21-15)20-11-8-18-10-19-9-11/h2-5,8-10,20H,6-7H2,1H3,(H,22,23,25). The number of halogens is 1. The number of carbonyl (C=O) groups excluding carboxylic acids is 1. The lowest BCUT2D eigenvalue weighted by Gasteiger charge is -2.10. The van der Waals surface area contributed by atoms with Gasteiger partial charge in [0.15, 0.2) is 11.5 Å². The third kappa shape index (κ3) is 4.52. The molecule has 0 aliphatic rings. The van der Waals surface area contributed by atoms with Gasteiger partial charge in [0.25, 0.3) is 5.91 Å². The van der Waals surface area contributed by atoms with Crippen molar-refractivity contribution in [3.05, 3.63) is 54.0 Å². The molecule has 134 valence electrons. The summed E-state index contributed by atoms with van der Waals surface area (Å²) in [4.78, 5) is 24.6. The number of carbonyl (C=O) groups is 1. The minimum absolute atomic E-state index is 0.132. The molecule has 0 fully saturated rings. The van der Waals surface area contributed by atoms with Crippen LogP contribution < -0.4 is 10.6 Å². The number of ether oxygens (including phenoxy) is 1. The zero-order valence-electron chi connectivity index (χ0n) is 13.9. The normalized spacial score (nSPS) is 10.5. The fourth-order valence-corrected chi connectivity index (χ4v) is 2.29. The molecule has 0 aliphatic heterocycles. The Hall–Kier alpha value is -3.04. The van der Waals surface area contributed by atoms with Gasteiger partial charge in [-0.3, -0.25) is 9.48 Å². The first kappa shape index (κ1) is 17.8. The monoisotopic (exact) mass is 373 g/mol. The first-order valence-electron chi connectivity index (χ1n) is 7.68. The van der Waals surface area contributed by atoms with E-state index in [9.17, 15) is 4.79 Å². The van der Waals surface area contributed by atoms with Crippen molar-refractivity contribution >= 4 is 34.7 Å². The third-order valence-electron chi connectivity index (χ3n) is 3.32. The van der Waals surface area contributed by atoms with Crippen molar-refractivity contribution < 1.29 is 9.53 Å². The Balaban J connectivity index is 1.77. The van der Waals surface area contributed by atoms with Crippen LogP contribution in [0.3, 0.4) is 0 Å². The largest absolute Gasteiger partial charge is 0.383 e. The molecule has 0 spiro atoms. The van der Waals surface area contributed by atoms with E-state index in [1.807, 2.05) is 0 Å². The van der Waals surface area contributed by atoms with Crippen LogP contribution in [-0.4, -0.2) is 44.4 Å². The first-order chi connectivity index (χ1) is 12.7. The molecule has 3 rings (SSSR count). The lowest BCUT2D eigenvalue weighted by atomic mass is 10.2. The van der Waals surface area contributed by atoms with Gasteiger partial charge >= 0.3 is 0 Å². The van der Waals surface area contributed by atoms with Crippen LogP contribution in [0.1, 0.15) is 10.5 Å². The van der Waals surface area contributed by atoms with E-state index in [0.29, 0.717) is 30.3 Å². The summed E-state index contributed by atoms with van der Waals surface area (Å²) in [7, 11) is 1.61.